The summed E-state index contributed by atoms with van der Waals surface area (Å²) >= 11 is 0. The van der Waals surface area contributed by atoms with Crippen LogP contribution in [0.1, 0.15) is 19.8 Å². The van der Waals surface area contributed by atoms with Gasteiger partial charge in [-0.05, 0) is 25.0 Å². The lowest BCUT2D eigenvalue weighted by Crippen LogP contribution is -2.36. The maximum absolute atomic E-state index is 11.7. The first kappa shape index (κ1) is 12.0. The highest BCUT2D eigenvalue weighted by molar-refractivity contribution is 5.96. The predicted molar refractivity (Wildman–Crippen MR) is 71.3 cm³/mol. The van der Waals surface area contributed by atoms with Crippen molar-refractivity contribution < 1.29 is 14.3 Å². The van der Waals surface area contributed by atoms with Crippen molar-refractivity contribution in [2.45, 2.75) is 19.8 Å². The van der Waals surface area contributed by atoms with Crippen LogP contribution in [0.15, 0.2) is 18.2 Å². The monoisotopic (exact) mass is 260 g/mol. The van der Waals surface area contributed by atoms with Crippen molar-refractivity contribution in [1.82, 2.24) is 0 Å². The molecule has 1 fully saturated rings. The van der Waals surface area contributed by atoms with Gasteiger partial charge in [-0.1, -0.05) is 0 Å². The third-order valence-electron chi connectivity index (χ3n) is 3.42. The number of hydrogen-bond donors (Lipinski definition) is 1. The first-order valence-electron chi connectivity index (χ1n) is 6.51. The maximum atomic E-state index is 11.7. The van der Waals surface area contributed by atoms with Gasteiger partial charge in [-0.3, -0.25) is 9.59 Å². The van der Waals surface area contributed by atoms with E-state index in [0.717, 1.165) is 24.2 Å². The highest BCUT2D eigenvalue weighted by Crippen LogP contribution is 2.35. The van der Waals surface area contributed by atoms with Gasteiger partial charge in [0, 0.05) is 24.6 Å². The Morgan fingerprint density at radius 1 is 1.37 bits per heavy atom. The van der Waals surface area contributed by atoms with E-state index in [2.05, 4.69) is 5.32 Å². The Balaban J connectivity index is 1.82. The topological polar surface area (TPSA) is 58.6 Å². The van der Waals surface area contributed by atoms with Crippen LogP contribution in [0.3, 0.4) is 0 Å². The first-order valence-corrected chi connectivity index (χ1v) is 6.51. The molecule has 5 heteroatoms. The third-order valence-corrected chi connectivity index (χ3v) is 3.42. The van der Waals surface area contributed by atoms with Gasteiger partial charge >= 0.3 is 0 Å². The number of carbonyl (C=O) groups is 2. The fourth-order valence-corrected chi connectivity index (χ4v) is 2.21. The molecule has 0 radical (unpaired) electrons. The van der Waals surface area contributed by atoms with Crippen LogP contribution in [0.2, 0.25) is 0 Å². The number of anilines is 2. The van der Waals surface area contributed by atoms with Gasteiger partial charge < -0.3 is 15.0 Å². The number of nitrogens with zero attached hydrogens (tertiary/aromatic N) is 1. The van der Waals surface area contributed by atoms with Crippen molar-refractivity contribution in [3.05, 3.63) is 18.2 Å². The minimum absolute atomic E-state index is 0.000633. The third kappa shape index (κ3) is 2.41. The molecule has 0 unspecified atom stereocenters. The largest absolute Gasteiger partial charge is 0.489 e. The lowest BCUT2D eigenvalue weighted by molar-refractivity contribution is -0.117. The van der Waals surface area contributed by atoms with Crippen LogP contribution in [0.25, 0.3) is 0 Å². The normalized spacial score (nSPS) is 17.4. The van der Waals surface area contributed by atoms with Crippen molar-refractivity contribution in [2.75, 3.05) is 23.4 Å². The number of nitrogens with one attached hydrogen (secondary N) is 1. The van der Waals surface area contributed by atoms with Crippen molar-refractivity contribution in [3.63, 3.8) is 0 Å². The van der Waals surface area contributed by atoms with E-state index < -0.39 is 0 Å². The van der Waals surface area contributed by atoms with Gasteiger partial charge in [0.15, 0.2) is 0 Å². The van der Waals surface area contributed by atoms with Crippen LogP contribution < -0.4 is 15.0 Å². The average molecular weight is 260 g/mol. The van der Waals surface area contributed by atoms with E-state index in [1.807, 2.05) is 12.1 Å². The van der Waals surface area contributed by atoms with Crippen LogP contribution >= 0.6 is 0 Å². The molecule has 0 spiro atoms. The van der Waals surface area contributed by atoms with Crippen LogP contribution in [-0.2, 0) is 9.59 Å². The quantitative estimate of drug-likeness (QED) is 0.881. The van der Waals surface area contributed by atoms with Gasteiger partial charge in [-0.15, -0.1) is 0 Å². The fraction of sp³-hybridized carbons (Fsp3) is 0.429. The Morgan fingerprint density at radius 2 is 2.16 bits per heavy atom. The second kappa shape index (κ2) is 4.57. The summed E-state index contributed by atoms with van der Waals surface area (Å²) in [5, 5.41) is 2.88. The van der Waals surface area contributed by atoms with E-state index in [9.17, 15) is 9.59 Å². The number of hydrogen-bond acceptors (Lipinski definition) is 3. The van der Waals surface area contributed by atoms with Gasteiger partial charge in [-0.2, -0.15) is 0 Å². The van der Waals surface area contributed by atoms with E-state index in [0.29, 0.717) is 18.9 Å². The van der Waals surface area contributed by atoms with E-state index in [1.165, 1.54) is 6.92 Å². The standard InChI is InChI=1S/C14H16N2O3/c1-9(17)16-6-7-19-13-8-11(4-5-12(13)16)15-14(18)10-2-3-10/h4-5,8,10H,2-3,6-7H2,1H3,(H,15,18). The zero-order chi connectivity index (χ0) is 13.4. The second-order valence-electron chi connectivity index (χ2n) is 4.97. The lowest BCUT2D eigenvalue weighted by atomic mass is 10.2. The van der Waals surface area contributed by atoms with Gasteiger partial charge in [-0.25, -0.2) is 0 Å². The molecule has 1 aromatic carbocycles. The van der Waals surface area contributed by atoms with Crippen LogP contribution in [-0.4, -0.2) is 25.0 Å². The van der Waals surface area contributed by atoms with Gasteiger partial charge in [0.25, 0.3) is 0 Å². The summed E-state index contributed by atoms with van der Waals surface area (Å²) in [5.74, 6) is 0.888. The number of benzene rings is 1. The van der Waals surface area contributed by atoms with Gasteiger partial charge in [0.05, 0.1) is 12.2 Å². The molecule has 100 valence electrons. The first-order chi connectivity index (χ1) is 9.15. The lowest BCUT2D eigenvalue weighted by Gasteiger charge is -2.29. The Kier molecular flexibility index (Phi) is 2.89. The van der Waals surface area contributed by atoms with E-state index in [1.54, 1.807) is 11.0 Å². The minimum Gasteiger partial charge on any atom is -0.489 e. The molecule has 0 saturated heterocycles. The van der Waals surface area contributed by atoms with Gasteiger partial charge in [0.1, 0.15) is 12.4 Å². The number of amides is 2. The summed E-state index contributed by atoms with van der Waals surface area (Å²) in [7, 11) is 0. The molecule has 1 aliphatic carbocycles. The molecule has 2 amide bonds. The van der Waals surface area contributed by atoms with Gasteiger partial charge in [0.2, 0.25) is 11.8 Å². The maximum Gasteiger partial charge on any atom is 0.227 e. The van der Waals surface area contributed by atoms with E-state index in [-0.39, 0.29) is 17.7 Å². The summed E-state index contributed by atoms with van der Waals surface area (Å²) in [6.07, 6.45) is 1.96. The summed E-state index contributed by atoms with van der Waals surface area (Å²) < 4.78 is 5.56. The zero-order valence-corrected chi connectivity index (χ0v) is 10.8. The summed E-state index contributed by atoms with van der Waals surface area (Å²) in [6, 6.07) is 5.41. The molecule has 0 aromatic heterocycles. The average Bonchev–Trinajstić information content (AvgIpc) is 3.21. The minimum atomic E-state index is -0.000633. The Bertz CT molecular complexity index is 537. The fourth-order valence-electron chi connectivity index (χ4n) is 2.21. The van der Waals surface area contributed by atoms with Crippen LogP contribution in [0, 0.1) is 5.92 Å². The van der Waals surface area contributed by atoms with Crippen LogP contribution in [0.5, 0.6) is 5.75 Å². The Morgan fingerprint density at radius 3 is 2.84 bits per heavy atom. The van der Waals surface area contributed by atoms with Crippen LogP contribution in [0.4, 0.5) is 11.4 Å². The predicted octanol–water partition coefficient (Wildman–Crippen LogP) is 1.78. The highest BCUT2D eigenvalue weighted by atomic mass is 16.5. The molecule has 2 aliphatic rings. The van der Waals surface area contributed by atoms with E-state index >= 15 is 0 Å². The second-order valence-corrected chi connectivity index (χ2v) is 4.97. The van der Waals surface area contributed by atoms with Crippen molar-refractivity contribution in [1.29, 1.82) is 0 Å². The summed E-state index contributed by atoms with van der Waals surface area (Å²) in [5.41, 5.74) is 1.49. The number of rotatable bonds is 2. The molecule has 1 saturated carbocycles. The van der Waals surface area contributed by atoms with Crippen molar-refractivity contribution >= 4 is 23.2 Å². The molecular weight excluding hydrogens is 244 g/mol. The molecule has 1 aliphatic heterocycles. The Hall–Kier alpha value is -2.04. The molecule has 1 N–H and O–H groups in total. The molecule has 5 nitrogen and oxygen atoms in total. The SMILES string of the molecule is CC(=O)N1CCOc2cc(NC(=O)C3CC3)ccc21. The molecular formula is C14H16N2O3. The number of carbonyl (C=O) groups excluding carboxylic acids is 2. The smallest absolute Gasteiger partial charge is 0.227 e. The molecule has 19 heavy (non-hydrogen) atoms. The summed E-state index contributed by atoms with van der Waals surface area (Å²) in [6.45, 7) is 2.58. The number of fused-ring (bicyclic) bond motifs is 1. The molecule has 3 rings (SSSR count). The zero-order valence-electron chi connectivity index (χ0n) is 10.8. The van der Waals surface area contributed by atoms with Crippen molar-refractivity contribution in [2.24, 2.45) is 5.92 Å². The molecule has 0 bridgehead atoms. The molecule has 1 heterocycles. The van der Waals surface area contributed by atoms with E-state index in [4.69, 9.17) is 4.74 Å². The molecule has 0 atom stereocenters. The Labute approximate surface area is 111 Å². The number of ether oxygens (including phenoxy) is 1. The molecule has 1 aromatic rings. The summed E-state index contributed by atoms with van der Waals surface area (Å²) in [4.78, 5) is 24.9. The van der Waals surface area contributed by atoms with Crippen molar-refractivity contribution in [3.8, 4) is 5.75 Å². The highest BCUT2D eigenvalue weighted by Gasteiger charge is 2.30.